The Balaban J connectivity index is 2.09. The van der Waals surface area contributed by atoms with Crippen molar-refractivity contribution in [3.63, 3.8) is 0 Å². The third-order valence-corrected chi connectivity index (χ3v) is 3.76. The van der Waals surface area contributed by atoms with E-state index in [0.717, 1.165) is 16.1 Å². The molecule has 1 N–H and O–H groups in total. The lowest BCUT2D eigenvalue weighted by molar-refractivity contribution is 0.178. The number of hydrogen-bond donors (Lipinski definition) is 1. The summed E-state index contributed by atoms with van der Waals surface area (Å²) in [6, 6.07) is 15.8. The molecule has 0 radical (unpaired) electrons. The molecule has 2 aromatic rings. The minimum absolute atomic E-state index is 0.139. The van der Waals surface area contributed by atoms with Gasteiger partial charge in [-0.2, -0.15) is 0 Å². The molecule has 106 valence electrons. The van der Waals surface area contributed by atoms with E-state index in [9.17, 15) is 5.11 Å². The minimum atomic E-state index is -0.481. The van der Waals surface area contributed by atoms with Crippen molar-refractivity contribution in [3.05, 3.63) is 70.2 Å². The fraction of sp³-hybridized carbons (Fsp3) is 0.333. The van der Waals surface area contributed by atoms with E-state index in [4.69, 9.17) is 11.6 Å². The first-order chi connectivity index (χ1) is 9.36. The highest BCUT2D eigenvalue weighted by molar-refractivity contribution is 6.30. The smallest absolute Gasteiger partial charge is 0.0830 e. The van der Waals surface area contributed by atoms with Crippen molar-refractivity contribution < 1.29 is 5.11 Å². The summed E-state index contributed by atoms with van der Waals surface area (Å²) >= 11 is 5.86. The number of hydrogen-bond acceptors (Lipinski definition) is 1. The second kappa shape index (κ2) is 5.99. The molecule has 2 aromatic carbocycles. The van der Waals surface area contributed by atoms with Crippen LogP contribution in [0, 0.1) is 0 Å². The van der Waals surface area contributed by atoms with Gasteiger partial charge in [-0.3, -0.25) is 0 Å². The number of halogens is 1. The van der Waals surface area contributed by atoms with Gasteiger partial charge in [0.1, 0.15) is 0 Å². The fourth-order valence-corrected chi connectivity index (χ4v) is 2.29. The Morgan fingerprint density at radius 2 is 1.50 bits per heavy atom. The quantitative estimate of drug-likeness (QED) is 0.850. The summed E-state index contributed by atoms with van der Waals surface area (Å²) in [5, 5.41) is 11.0. The predicted octanol–water partition coefficient (Wildman–Crippen LogP) is 4.91. The summed E-state index contributed by atoms with van der Waals surface area (Å²) in [5.74, 6) is 0. The van der Waals surface area contributed by atoms with Gasteiger partial charge in [-0.05, 0) is 34.2 Å². The van der Waals surface area contributed by atoms with Gasteiger partial charge in [0.15, 0.2) is 0 Å². The molecule has 0 saturated carbocycles. The molecule has 0 aliphatic carbocycles. The number of aliphatic hydroxyl groups excluding tert-OH is 1. The Bertz CT molecular complexity index is 549. The highest BCUT2D eigenvalue weighted by atomic mass is 35.5. The second-order valence-electron chi connectivity index (χ2n) is 6.22. The molecule has 0 aliphatic rings. The zero-order chi connectivity index (χ0) is 14.8. The Morgan fingerprint density at radius 1 is 0.950 bits per heavy atom. The zero-order valence-corrected chi connectivity index (χ0v) is 13.0. The Kier molecular flexibility index (Phi) is 4.52. The van der Waals surface area contributed by atoms with Crippen molar-refractivity contribution in [2.24, 2.45) is 0 Å². The van der Waals surface area contributed by atoms with E-state index in [0.29, 0.717) is 6.42 Å². The number of aliphatic hydroxyl groups is 1. The van der Waals surface area contributed by atoms with Crippen LogP contribution in [0.4, 0.5) is 0 Å². The lowest BCUT2D eigenvalue weighted by Gasteiger charge is -2.20. The van der Waals surface area contributed by atoms with Crippen LogP contribution in [0.3, 0.4) is 0 Å². The van der Waals surface area contributed by atoms with Crippen LogP contribution >= 0.6 is 11.6 Å². The van der Waals surface area contributed by atoms with Gasteiger partial charge in [-0.15, -0.1) is 0 Å². The molecule has 0 aromatic heterocycles. The molecular weight excluding hydrogens is 268 g/mol. The number of rotatable bonds is 3. The molecule has 0 fully saturated rings. The van der Waals surface area contributed by atoms with Crippen molar-refractivity contribution in [1.29, 1.82) is 0 Å². The van der Waals surface area contributed by atoms with Crippen molar-refractivity contribution >= 4 is 11.6 Å². The van der Waals surface area contributed by atoms with E-state index in [1.165, 1.54) is 5.56 Å². The highest BCUT2D eigenvalue weighted by Gasteiger charge is 2.14. The fourth-order valence-electron chi connectivity index (χ4n) is 2.17. The zero-order valence-electron chi connectivity index (χ0n) is 12.2. The average molecular weight is 289 g/mol. The topological polar surface area (TPSA) is 20.2 Å². The third kappa shape index (κ3) is 3.84. The number of benzene rings is 2. The maximum Gasteiger partial charge on any atom is 0.0830 e. The molecule has 2 rings (SSSR count). The van der Waals surface area contributed by atoms with Gasteiger partial charge in [0.05, 0.1) is 6.10 Å². The average Bonchev–Trinajstić information content (AvgIpc) is 2.40. The summed E-state index contributed by atoms with van der Waals surface area (Å²) in [6.07, 6.45) is 0.122. The van der Waals surface area contributed by atoms with Gasteiger partial charge < -0.3 is 5.11 Å². The minimum Gasteiger partial charge on any atom is -0.388 e. The van der Waals surface area contributed by atoms with Gasteiger partial charge in [0.25, 0.3) is 0 Å². The van der Waals surface area contributed by atoms with Crippen molar-refractivity contribution in [2.45, 2.75) is 38.7 Å². The van der Waals surface area contributed by atoms with E-state index in [-0.39, 0.29) is 5.41 Å². The normalized spacial score (nSPS) is 13.2. The highest BCUT2D eigenvalue weighted by Crippen LogP contribution is 2.25. The Labute approximate surface area is 126 Å². The monoisotopic (exact) mass is 288 g/mol. The molecule has 0 amide bonds. The molecule has 0 heterocycles. The van der Waals surface area contributed by atoms with Gasteiger partial charge >= 0.3 is 0 Å². The molecule has 20 heavy (non-hydrogen) atoms. The Morgan fingerprint density at radius 3 is 2.00 bits per heavy atom. The summed E-state index contributed by atoms with van der Waals surface area (Å²) in [7, 11) is 0. The summed E-state index contributed by atoms with van der Waals surface area (Å²) in [6.45, 7) is 6.56. The first-order valence-electron chi connectivity index (χ1n) is 6.89. The van der Waals surface area contributed by atoms with E-state index < -0.39 is 6.10 Å². The lowest BCUT2D eigenvalue weighted by Crippen LogP contribution is -2.11. The van der Waals surface area contributed by atoms with Gasteiger partial charge in [0, 0.05) is 11.4 Å². The van der Waals surface area contributed by atoms with Crippen LogP contribution in [-0.4, -0.2) is 5.11 Å². The molecule has 1 unspecified atom stereocenters. The molecule has 0 spiro atoms. The van der Waals surface area contributed by atoms with Crippen molar-refractivity contribution in [3.8, 4) is 0 Å². The molecule has 0 bridgehead atoms. The third-order valence-electron chi connectivity index (χ3n) is 3.50. The van der Waals surface area contributed by atoms with Crippen LogP contribution in [0.15, 0.2) is 48.5 Å². The molecular formula is C18H21ClO. The summed E-state index contributed by atoms with van der Waals surface area (Å²) in [5.41, 5.74) is 3.45. The molecule has 0 saturated heterocycles. The van der Waals surface area contributed by atoms with E-state index >= 15 is 0 Å². The second-order valence-corrected chi connectivity index (χ2v) is 6.65. The van der Waals surface area contributed by atoms with Crippen LogP contribution in [0.2, 0.25) is 5.02 Å². The molecule has 1 nitrogen and oxygen atoms in total. The van der Waals surface area contributed by atoms with Crippen LogP contribution in [0.25, 0.3) is 0 Å². The summed E-state index contributed by atoms with van der Waals surface area (Å²) < 4.78 is 0. The lowest BCUT2D eigenvalue weighted by atomic mass is 9.86. The van der Waals surface area contributed by atoms with E-state index in [2.05, 4.69) is 32.9 Å². The predicted molar refractivity (Wildman–Crippen MR) is 85.3 cm³/mol. The largest absolute Gasteiger partial charge is 0.388 e. The van der Waals surface area contributed by atoms with E-state index in [1.54, 1.807) is 0 Å². The SMILES string of the molecule is CC(C)(C)c1ccc(C(O)Cc2ccc(Cl)cc2)cc1. The molecule has 0 aliphatic heterocycles. The first-order valence-corrected chi connectivity index (χ1v) is 7.27. The first kappa shape index (κ1) is 15.1. The standard InChI is InChI=1S/C18H21ClO/c1-18(2,3)15-8-6-14(7-9-15)17(20)12-13-4-10-16(19)11-5-13/h4-11,17,20H,12H2,1-3H3. The van der Waals surface area contributed by atoms with Gasteiger partial charge in [0.2, 0.25) is 0 Å². The van der Waals surface area contributed by atoms with E-state index in [1.807, 2.05) is 36.4 Å². The van der Waals surface area contributed by atoms with Gasteiger partial charge in [-0.1, -0.05) is 68.8 Å². The maximum atomic E-state index is 10.3. The van der Waals surface area contributed by atoms with Crippen LogP contribution < -0.4 is 0 Å². The van der Waals surface area contributed by atoms with Crippen LogP contribution in [0.1, 0.15) is 43.6 Å². The van der Waals surface area contributed by atoms with Crippen LogP contribution in [-0.2, 0) is 11.8 Å². The Hall–Kier alpha value is -1.31. The van der Waals surface area contributed by atoms with Crippen molar-refractivity contribution in [1.82, 2.24) is 0 Å². The maximum absolute atomic E-state index is 10.3. The van der Waals surface area contributed by atoms with Crippen LogP contribution in [0.5, 0.6) is 0 Å². The molecule has 2 heteroatoms. The van der Waals surface area contributed by atoms with Crippen molar-refractivity contribution in [2.75, 3.05) is 0 Å². The van der Waals surface area contributed by atoms with Gasteiger partial charge in [-0.25, -0.2) is 0 Å². The molecule has 1 atom stereocenters. The summed E-state index contributed by atoms with van der Waals surface area (Å²) in [4.78, 5) is 0.